The molecule has 2 aromatic heterocycles. The van der Waals surface area contributed by atoms with Gasteiger partial charge in [-0.15, -0.1) is 0 Å². The first-order valence-electron chi connectivity index (χ1n) is 8.96. The molecular weight excluding hydrogens is 393 g/mol. The SMILES string of the molecule is Cc1cc(Cc2cccnc2)nc(N2CCN(c3ccc(Cl)c(Cl)c3)C2=N)c1. The molecule has 0 unspecified atom stereocenters. The smallest absolute Gasteiger partial charge is 0.204 e. The Bertz CT molecular complexity index is 1020. The lowest BCUT2D eigenvalue weighted by molar-refractivity contribution is 0.978. The van der Waals surface area contributed by atoms with Crippen molar-refractivity contribution >= 4 is 40.7 Å². The Morgan fingerprint density at radius 2 is 1.86 bits per heavy atom. The lowest BCUT2D eigenvalue weighted by Crippen LogP contribution is -2.33. The lowest BCUT2D eigenvalue weighted by atomic mass is 10.1. The first-order valence-corrected chi connectivity index (χ1v) is 9.72. The fourth-order valence-electron chi connectivity index (χ4n) is 3.35. The summed E-state index contributed by atoms with van der Waals surface area (Å²) in [7, 11) is 0. The van der Waals surface area contributed by atoms with Gasteiger partial charge in [0, 0.05) is 43.3 Å². The van der Waals surface area contributed by atoms with Crippen LogP contribution in [-0.4, -0.2) is 29.0 Å². The number of aryl methyl sites for hydroxylation is 1. The standard InChI is InChI=1S/C21H19Cl2N5/c1-14-9-16(11-15-3-2-6-25-13-15)26-20(10-14)28-8-7-27(21(28)24)17-4-5-18(22)19(23)12-17/h2-6,9-10,12-13,24H,7-8,11H2,1H3. The molecule has 1 aliphatic rings. The van der Waals surface area contributed by atoms with Crippen molar-refractivity contribution in [2.24, 2.45) is 0 Å². The minimum Gasteiger partial charge on any atom is -0.311 e. The van der Waals surface area contributed by atoms with E-state index in [1.165, 1.54) is 0 Å². The number of pyridine rings is 2. The molecule has 0 radical (unpaired) electrons. The largest absolute Gasteiger partial charge is 0.311 e. The molecule has 0 saturated carbocycles. The number of hydrogen-bond acceptors (Lipinski definition) is 3. The van der Waals surface area contributed by atoms with Crippen LogP contribution < -0.4 is 9.80 Å². The highest BCUT2D eigenvalue weighted by Gasteiger charge is 2.28. The molecule has 0 aliphatic carbocycles. The number of nitrogens with zero attached hydrogens (tertiary/aromatic N) is 4. The van der Waals surface area contributed by atoms with Crippen LogP contribution >= 0.6 is 23.2 Å². The number of nitrogens with one attached hydrogen (secondary N) is 1. The molecule has 1 saturated heterocycles. The van der Waals surface area contributed by atoms with Crippen molar-refractivity contribution in [3.05, 3.63) is 81.7 Å². The zero-order chi connectivity index (χ0) is 19.7. The summed E-state index contributed by atoms with van der Waals surface area (Å²) in [5, 5.41) is 9.64. The average Bonchev–Trinajstić information content (AvgIpc) is 3.06. The molecule has 4 rings (SSSR count). The van der Waals surface area contributed by atoms with E-state index in [-0.39, 0.29) is 0 Å². The minimum atomic E-state index is 0.379. The van der Waals surface area contributed by atoms with Crippen molar-refractivity contribution in [3.8, 4) is 0 Å². The van der Waals surface area contributed by atoms with Crippen molar-refractivity contribution in [3.63, 3.8) is 0 Å². The Labute approximate surface area is 174 Å². The van der Waals surface area contributed by atoms with Gasteiger partial charge in [0.25, 0.3) is 0 Å². The monoisotopic (exact) mass is 411 g/mol. The molecule has 142 valence electrons. The second kappa shape index (κ2) is 7.78. The third kappa shape index (κ3) is 3.81. The van der Waals surface area contributed by atoms with E-state index < -0.39 is 0 Å². The Morgan fingerprint density at radius 1 is 1.04 bits per heavy atom. The number of rotatable bonds is 4. The second-order valence-corrected chi connectivity index (χ2v) is 7.57. The first-order chi connectivity index (χ1) is 13.5. The molecule has 3 aromatic rings. The van der Waals surface area contributed by atoms with E-state index in [4.69, 9.17) is 33.6 Å². The van der Waals surface area contributed by atoms with E-state index in [1.807, 2.05) is 47.2 Å². The first kappa shape index (κ1) is 18.7. The van der Waals surface area contributed by atoms with Gasteiger partial charge in [0.1, 0.15) is 5.82 Å². The molecule has 1 N–H and O–H groups in total. The maximum Gasteiger partial charge on any atom is 0.204 e. The third-order valence-electron chi connectivity index (χ3n) is 4.67. The van der Waals surface area contributed by atoms with Crippen LogP contribution in [0.1, 0.15) is 16.8 Å². The van der Waals surface area contributed by atoms with Gasteiger partial charge in [0.2, 0.25) is 5.96 Å². The summed E-state index contributed by atoms with van der Waals surface area (Å²) in [5.74, 6) is 1.16. The van der Waals surface area contributed by atoms with Gasteiger partial charge >= 0.3 is 0 Å². The van der Waals surface area contributed by atoms with Gasteiger partial charge in [0.15, 0.2) is 0 Å². The van der Waals surface area contributed by atoms with Crippen LogP contribution in [0.25, 0.3) is 0 Å². The van der Waals surface area contributed by atoms with E-state index in [9.17, 15) is 0 Å². The molecular formula is C21H19Cl2N5. The number of aromatic nitrogens is 2. The quantitative estimate of drug-likeness (QED) is 0.659. The van der Waals surface area contributed by atoms with Crippen LogP contribution in [0.3, 0.4) is 0 Å². The fraction of sp³-hybridized carbons (Fsp3) is 0.190. The number of hydrogen-bond donors (Lipinski definition) is 1. The molecule has 1 fully saturated rings. The van der Waals surface area contributed by atoms with Crippen molar-refractivity contribution in [2.75, 3.05) is 22.9 Å². The molecule has 7 heteroatoms. The van der Waals surface area contributed by atoms with E-state index in [1.54, 1.807) is 18.3 Å². The molecule has 1 aliphatic heterocycles. The van der Waals surface area contributed by atoms with Gasteiger partial charge in [-0.2, -0.15) is 0 Å². The number of guanidine groups is 1. The van der Waals surface area contributed by atoms with Gasteiger partial charge in [-0.1, -0.05) is 29.3 Å². The lowest BCUT2D eigenvalue weighted by Gasteiger charge is -2.22. The highest BCUT2D eigenvalue weighted by molar-refractivity contribution is 6.42. The van der Waals surface area contributed by atoms with E-state index >= 15 is 0 Å². The summed E-state index contributed by atoms with van der Waals surface area (Å²) < 4.78 is 0. The fourth-order valence-corrected chi connectivity index (χ4v) is 3.64. The predicted octanol–water partition coefficient (Wildman–Crippen LogP) is 4.94. The van der Waals surface area contributed by atoms with Crippen molar-refractivity contribution in [2.45, 2.75) is 13.3 Å². The van der Waals surface area contributed by atoms with Crippen molar-refractivity contribution < 1.29 is 0 Å². The number of halogens is 2. The topological polar surface area (TPSA) is 56.1 Å². The molecule has 0 spiro atoms. The van der Waals surface area contributed by atoms with E-state index in [0.717, 1.165) is 28.3 Å². The van der Waals surface area contributed by atoms with E-state index in [2.05, 4.69) is 11.1 Å². The maximum absolute atomic E-state index is 8.65. The Hall–Kier alpha value is -2.63. The molecule has 0 amide bonds. The summed E-state index contributed by atoms with van der Waals surface area (Å²) in [4.78, 5) is 12.8. The van der Waals surface area contributed by atoms with Crippen molar-refractivity contribution in [1.82, 2.24) is 9.97 Å². The third-order valence-corrected chi connectivity index (χ3v) is 5.41. The van der Waals surface area contributed by atoms with Crippen LogP contribution in [0.5, 0.6) is 0 Å². The van der Waals surface area contributed by atoms with Crippen LogP contribution in [0, 0.1) is 12.3 Å². The van der Waals surface area contributed by atoms with Crippen LogP contribution in [0.4, 0.5) is 11.5 Å². The van der Waals surface area contributed by atoms with E-state index in [0.29, 0.717) is 35.5 Å². The minimum absolute atomic E-state index is 0.379. The number of anilines is 2. The summed E-state index contributed by atoms with van der Waals surface area (Å²) in [6.07, 6.45) is 4.33. The van der Waals surface area contributed by atoms with Gasteiger partial charge < -0.3 is 4.90 Å². The highest BCUT2D eigenvalue weighted by atomic mass is 35.5. The summed E-state index contributed by atoms with van der Waals surface area (Å²) >= 11 is 12.2. The number of benzene rings is 1. The normalized spacial score (nSPS) is 14.0. The molecule has 28 heavy (non-hydrogen) atoms. The Balaban J connectivity index is 1.59. The summed E-state index contributed by atoms with van der Waals surface area (Å²) in [6.45, 7) is 3.42. The zero-order valence-electron chi connectivity index (χ0n) is 15.4. The van der Waals surface area contributed by atoms with Crippen LogP contribution in [-0.2, 0) is 6.42 Å². The summed E-state index contributed by atoms with van der Waals surface area (Å²) in [5.41, 5.74) is 4.04. The van der Waals surface area contributed by atoms with Crippen LogP contribution in [0.2, 0.25) is 10.0 Å². The zero-order valence-corrected chi connectivity index (χ0v) is 16.9. The second-order valence-electron chi connectivity index (χ2n) is 6.76. The predicted molar refractivity (Wildman–Crippen MR) is 115 cm³/mol. The molecule has 3 heterocycles. The van der Waals surface area contributed by atoms with Crippen LogP contribution in [0.15, 0.2) is 54.9 Å². The van der Waals surface area contributed by atoms with Gasteiger partial charge in [0.05, 0.1) is 10.0 Å². The molecule has 1 aromatic carbocycles. The Morgan fingerprint density at radius 3 is 2.61 bits per heavy atom. The highest BCUT2D eigenvalue weighted by Crippen LogP contribution is 2.30. The maximum atomic E-state index is 8.65. The van der Waals surface area contributed by atoms with Gasteiger partial charge in [-0.3, -0.25) is 15.3 Å². The summed E-state index contributed by atoms with van der Waals surface area (Å²) in [6, 6.07) is 13.5. The van der Waals surface area contributed by atoms with Gasteiger partial charge in [-0.25, -0.2) is 4.98 Å². The van der Waals surface area contributed by atoms with Gasteiger partial charge in [-0.05, 0) is 54.4 Å². The average molecular weight is 412 g/mol. The molecule has 0 bridgehead atoms. The van der Waals surface area contributed by atoms with Crippen molar-refractivity contribution in [1.29, 1.82) is 5.41 Å². The molecule has 0 atom stereocenters. The Kier molecular flexibility index (Phi) is 5.20. The molecule has 5 nitrogen and oxygen atoms in total.